The minimum absolute atomic E-state index is 0.167. The van der Waals surface area contributed by atoms with Crippen LogP contribution < -0.4 is 43.4 Å². The highest BCUT2D eigenvalue weighted by atomic mass is 32.2. The van der Waals surface area contributed by atoms with Crippen molar-refractivity contribution in [1.29, 1.82) is 21.6 Å². The minimum Gasteiger partial charge on any atom is -0.479 e. The molecular formula is C106H180N30O2S4. The molecule has 0 atom stereocenters. The smallest absolute Gasteiger partial charge is 0.191 e. The molecule has 14 N–H and O–H groups in total. The molecule has 10 aliphatic heterocycles. The molecular weight excluding hydrogens is 1850 g/mol. The summed E-state index contributed by atoms with van der Waals surface area (Å²) < 4.78 is 9.74. The highest BCUT2D eigenvalue weighted by molar-refractivity contribution is 8.14. The van der Waals surface area contributed by atoms with Crippen LogP contribution in [0, 0.1) is 89.4 Å². The third kappa shape index (κ3) is 95.3. The fourth-order valence-corrected chi connectivity index (χ4v) is 12.6. The summed E-state index contributed by atoms with van der Waals surface area (Å²) in [6.07, 6.45) is 26.0. The largest absolute Gasteiger partial charge is 0.479 e. The second-order valence-electron chi connectivity index (χ2n) is 31.9. The first-order valence-electron chi connectivity index (χ1n) is 48.3. The Bertz CT molecular complexity index is 4230. The lowest BCUT2D eigenvalue weighted by molar-refractivity contribution is 0.339. The molecule has 36 heteroatoms. The van der Waals surface area contributed by atoms with Crippen molar-refractivity contribution < 1.29 is 9.15 Å². The molecule has 0 unspecified atom stereocenters. The number of pyridine rings is 3. The molecule has 0 radical (unpaired) electrons. The number of nitrogens with two attached hydrogens (primary N) is 2. The summed E-state index contributed by atoms with van der Waals surface area (Å²) in [7, 11) is 11.2. The number of likely N-dealkylation sites (N-methyl/N-ethyl adjacent to an activating group) is 2. The van der Waals surface area contributed by atoms with Gasteiger partial charge in [0, 0.05) is 205 Å². The van der Waals surface area contributed by atoms with Crippen LogP contribution in [0.5, 0.6) is 0 Å². The number of benzene rings is 1. The summed E-state index contributed by atoms with van der Waals surface area (Å²) in [4.78, 5) is 63.6. The fraction of sp³-hybridized carbons (Fsp3) is 0.519. The van der Waals surface area contributed by atoms with E-state index in [1.165, 1.54) is 107 Å². The quantitative estimate of drug-likeness (QED) is 0.0434. The number of thiophene rings is 2. The van der Waals surface area contributed by atoms with E-state index in [0.29, 0.717) is 11.7 Å². The van der Waals surface area contributed by atoms with E-state index in [1.807, 2.05) is 179 Å². The molecule has 3 fully saturated rings. The van der Waals surface area contributed by atoms with Crippen molar-refractivity contribution in [2.45, 2.75) is 190 Å². The molecule has 0 saturated carbocycles. The molecule has 8 aromatic rings. The van der Waals surface area contributed by atoms with Crippen molar-refractivity contribution >= 4 is 121 Å². The van der Waals surface area contributed by atoms with Crippen LogP contribution in [-0.2, 0) is 4.74 Å². The predicted octanol–water partition coefficient (Wildman–Crippen LogP) is 18.8. The van der Waals surface area contributed by atoms with Gasteiger partial charge in [-0.2, -0.15) is 11.3 Å². The van der Waals surface area contributed by atoms with Gasteiger partial charge in [-0.05, 0) is 271 Å². The lowest BCUT2D eigenvalue weighted by Gasteiger charge is -2.27. The van der Waals surface area contributed by atoms with Crippen LogP contribution in [-0.4, -0.2) is 299 Å². The number of hydrogen-bond acceptors (Lipinski definition) is 29. The summed E-state index contributed by atoms with van der Waals surface area (Å²) in [5.74, 6) is 13.2. The van der Waals surface area contributed by atoms with Crippen molar-refractivity contribution in [3.63, 3.8) is 0 Å². The van der Waals surface area contributed by atoms with Crippen LogP contribution in [0.4, 0.5) is 0 Å². The molecule has 142 heavy (non-hydrogen) atoms. The lowest BCUT2D eigenvalue weighted by atomic mass is 10.1. The van der Waals surface area contributed by atoms with Crippen LogP contribution in [0.3, 0.4) is 0 Å². The normalized spacial score (nSPS) is 14.0. The van der Waals surface area contributed by atoms with Gasteiger partial charge in [0.05, 0.1) is 89.9 Å². The Labute approximate surface area is 872 Å². The zero-order chi connectivity index (χ0) is 107. The molecule has 32 nitrogen and oxygen atoms in total. The Hall–Kier alpha value is -12.2. The third-order valence-electron chi connectivity index (χ3n) is 18.6. The monoisotopic (exact) mass is 2030 g/mol. The minimum atomic E-state index is 0.167. The number of piperidine rings is 1. The molecule has 0 spiro atoms. The number of thioether (sulfide) groups is 1. The van der Waals surface area contributed by atoms with E-state index < -0.39 is 0 Å². The fourth-order valence-electron chi connectivity index (χ4n) is 10.3. The van der Waals surface area contributed by atoms with E-state index in [-0.39, 0.29) is 5.84 Å². The number of nitrogens with zero attached hydrogens (tertiary/aromatic N) is 18. The summed E-state index contributed by atoms with van der Waals surface area (Å²) in [6, 6.07) is 34.1. The maximum Gasteiger partial charge on any atom is 0.191 e. The first kappa shape index (κ1) is 136. The molecule has 1 aromatic carbocycles. The molecule has 790 valence electrons. The Balaban J connectivity index is -0.000000704. The molecule has 3 saturated heterocycles. The first-order valence-corrected chi connectivity index (χ1v) is 52.0. The molecule has 18 rings (SSSR count). The van der Waals surface area contributed by atoms with Gasteiger partial charge < -0.3 is 77.0 Å². The lowest BCUT2D eigenvalue weighted by Crippen LogP contribution is -2.33. The van der Waals surface area contributed by atoms with Gasteiger partial charge in [0.15, 0.2) is 23.8 Å². The number of amidine groups is 7. The van der Waals surface area contributed by atoms with Crippen LogP contribution in [0.2, 0.25) is 0 Å². The summed E-state index contributed by atoms with van der Waals surface area (Å²) in [5, 5.41) is 56.8. The number of aliphatic imine (C=N–C) groups is 9. The number of aromatic nitrogens is 4. The number of rotatable bonds is 2. The Kier molecular flexibility index (Phi) is 92.3. The standard InChI is InChI=1S/C7H14N2.C7H8.C6H12N2.3C6H7N.2C5H11N3.2C5H10N2.C5H9N.C5H6O.2C5H6S.C4H9N3.C4H10N2.C4H7NO.C4H7NS.C4H5NS.C3H8N2.C3H4.C2H6N2/c1-7(8)9-5-3-2-4-6-9;1-7-5-3-2-4-6-7;1-6(7)8-4-2-3-5-8;1-6-2-4-7-5-3-6;1-6-3-2-4-7-5-6;1-6-4-2-3-5-7-6;2*1-2-6-5-7-3-4-8-5;2*1-5-6-3-4-7(5)2;2*1-5-3-2-4-6-5;1-5-2-3-6-4-5;1-5-3-2-4-6-5;1-5-4-6-2-3-7-4;1-4(5)6(2)3;3*1-4-5-2-3-6-4;1-3(4)5-2;1-3-2;1-2(3)4/h8H,2-6H2,1H3;2-6H,1H3;7H,2-5H2,1H3;3*2-5H,1H3;2*2-4H2,1H3,(H2,6,7,8);2*3-4H2,1-2H3;2-4H2,1H3;3*2-4H,1H3;2-3H2,1H3,(H2,5,6,7);5H,1-3H3;2*2-3H2,1H3;2-3H,1H3;1-2H3,(H2,4,5);1H,2H3;1H3,(H3,3,4). The van der Waals surface area contributed by atoms with Gasteiger partial charge >= 0.3 is 0 Å². The Morgan fingerprint density at radius 1 is 0.521 bits per heavy atom. The summed E-state index contributed by atoms with van der Waals surface area (Å²) >= 11 is 7.03. The maximum atomic E-state index is 7.31. The van der Waals surface area contributed by atoms with E-state index in [2.05, 4.69) is 238 Å². The average Bonchev–Trinajstić information content (AvgIpc) is 1.69. The number of terminal acetylenes is 1. The van der Waals surface area contributed by atoms with Crippen molar-refractivity contribution in [1.82, 2.24) is 76.3 Å². The molecule has 7 aromatic heterocycles. The topological polar surface area (TPSA) is 421 Å². The SMILES string of the molecule is C#CC.CC(=N)N.CC(=N)N(C)C.CC(=N)N1CCCC1.CC(=N)N1CCCCC1.CC1=NCCC1.CC1=NCCN1C.CC1=NCCN1C.CC1=NCCO1.CC1=NCCS1.CCNC1=NCCN1.CCNC1=NCCN1.CN=C(C)N.CN=C1NCCN1.Cc1ccccc1.Cc1ccccn1.Cc1cccnc1.Cc1ccco1.Cc1cccs1.Cc1ccncc1.Cc1ccsc1.Cc1nccs1. The average molecular weight is 2040 g/mol. The summed E-state index contributed by atoms with van der Waals surface area (Å²) in [5.41, 5.74) is 17.3. The highest BCUT2D eigenvalue weighted by Gasteiger charge is 2.12. The maximum absolute atomic E-state index is 7.31. The number of likely N-dealkylation sites (tertiary alicyclic amines) is 2. The first-order chi connectivity index (χ1) is 67.9. The second-order valence-corrected chi connectivity index (χ2v) is 36.2. The van der Waals surface area contributed by atoms with Crippen molar-refractivity contribution in [2.75, 3.05) is 179 Å². The number of furan rings is 1. The van der Waals surface area contributed by atoms with Crippen LogP contribution in [0.25, 0.3) is 0 Å². The van der Waals surface area contributed by atoms with E-state index in [4.69, 9.17) is 42.3 Å². The van der Waals surface area contributed by atoms with Gasteiger partial charge in [-0.3, -0.25) is 86.5 Å². The van der Waals surface area contributed by atoms with Crippen LogP contribution in [0.1, 0.15) is 179 Å². The second kappa shape index (κ2) is 96.3. The molecule has 17 heterocycles. The zero-order valence-corrected chi connectivity index (χ0v) is 94.5. The van der Waals surface area contributed by atoms with E-state index in [1.54, 1.807) is 111 Å². The van der Waals surface area contributed by atoms with E-state index in [0.717, 1.165) is 183 Å². The van der Waals surface area contributed by atoms with Gasteiger partial charge in [0.2, 0.25) is 0 Å². The van der Waals surface area contributed by atoms with Gasteiger partial charge in [0.1, 0.15) is 12.4 Å². The van der Waals surface area contributed by atoms with Crippen molar-refractivity contribution in [3.8, 4) is 12.3 Å². The zero-order valence-electron chi connectivity index (χ0n) is 91.2. The number of aryl methyl sites for hydroxylation is 8. The summed E-state index contributed by atoms with van der Waals surface area (Å²) in [6.45, 7) is 60.9. The number of ether oxygens (including phenoxy) is 1. The van der Waals surface area contributed by atoms with Crippen LogP contribution in [0.15, 0.2) is 217 Å². The molecule has 0 bridgehead atoms. The molecule has 0 amide bonds. The molecule has 10 aliphatic rings. The van der Waals surface area contributed by atoms with Crippen molar-refractivity contribution in [3.05, 3.63) is 212 Å². The van der Waals surface area contributed by atoms with Gasteiger partial charge in [0.25, 0.3) is 0 Å². The van der Waals surface area contributed by atoms with Crippen LogP contribution >= 0.6 is 45.8 Å². The Morgan fingerprint density at radius 2 is 1.05 bits per heavy atom. The third-order valence-corrected chi connectivity index (χ3v) is 21.8. The van der Waals surface area contributed by atoms with Gasteiger partial charge in [-0.15, -0.1) is 46.8 Å². The number of nitrogens with one attached hydrogen (secondary N) is 10. The van der Waals surface area contributed by atoms with Gasteiger partial charge in [-0.1, -0.05) is 54.1 Å². The van der Waals surface area contributed by atoms with Crippen molar-refractivity contribution in [2.24, 2.45) is 56.4 Å². The number of hydrogen-bond donors (Lipinski definition) is 12. The van der Waals surface area contributed by atoms with Gasteiger partial charge in [-0.25, -0.2) is 0 Å². The van der Waals surface area contributed by atoms with E-state index >= 15 is 0 Å². The number of guanidine groups is 3. The number of thiazole rings is 1. The highest BCUT2D eigenvalue weighted by Crippen LogP contribution is 2.11. The molecule has 0 aliphatic carbocycles. The predicted molar refractivity (Wildman–Crippen MR) is 622 cm³/mol. The van der Waals surface area contributed by atoms with E-state index in [9.17, 15) is 0 Å². The Morgan fingerprint density at radius 3 is 1.23 bits per heavy atom.